The van der Waals surface area contributed by atoms with Gasteiger partial charge < -0.3 is 14.8 Å². The average Bonchev–Trinajstić information content (AvgIpc) is 2.59. The van der Waals surface area contributed by atoms with Gasteiger partial charge in [0.25, 0.3) is 5.91 Å². The van der Waals surface area contributed by atoms with E-state index in [1.165, 1.54) is 19.3 Å². The first-order chi connectivity index (χ1) is 11.0. The van der Waals surface area contributed by atoms with E-state index in [0.717, 1.165) is 13.1 Å². The van der Waals surface area contributed by atoms with Gasteiger partial charge in [0.15, 0.2) is 0 Å². The van der Waals surface area contributed by atoms with Gasteiger partial charge in [-0.1, -0.05) is 6.42 Å². The Balaban J connectivity index is 2.01. The van der Waals surface area contributed by atoms with Crippen LogP contribution in [0.5, 0.6) is 11.5 Å². The Morgan fingerprint density at radius 1 is 1.09 bits per heavy atom. The van der Waals surface area contributed by atoms with Crippen molar-refractivity contribution in [3.8, 4) is 11.5 Å². The van der Waals surface area contributed by atoms with Crippen molar-refractivity contribution in [2.24, 2.45) is 0 Å². The van der Waals surface area contributed by atoms with Gasteiger partial charge in [-0.3, -0.25) is 9.69 Å². The van der Waals surface area contributed by atoms with Crippen LogP contribution in [0.4, 0.5) is 0 Å². The molecule has 1 heterocycles. The second-order valence-corrected chi connectivity index (χ2v) is 6.64. The molecule has 1 saturated heterocycles. The maximum atomic E-state index is 12.5. The number of carbonyl (C=O) groups is 1. The summed E-state index contributed by atoms with van der Waals surface area (Å²) in [5.41, 5.74) is 0.509. The van der Waals surface area contributed by atoms with Crippen LogP contribution in [0.1, 0.15) is 43.5 Å². The molecular formula is C18H28N2O3. The zero-order valence-electron chi connectivity index (χ0n) is 14.6. The summed E-state index contributed by atoms with van der Waals surface area (Å²) in [5.74, 6) is 1.13. The molecule has 23 heavy (non-hydrogen) atoms. The summed E-state index contributed by atoms with van der Waals surface area (Å²) in [7, 11) is 3.16. The van der Waals surface area contributed by atoms with Crippen molar-refractivity contribution < 1.29 is 14.3 Å². The highest BCUT2D eigenvalue weighted by Gasteiger charge is 2.28. The fourth-order valence-corrected chi connectivity index (χ4v) is 2.95. The zero-order chi connectivity index (χ0) is 16.9. The maximum absolute atomic E-state index is 12.5. The van der Waals surface area contributed by atoms with Crippen molar-refractivity contribution in [3.05, 3.63) is 23.8 Å². The van der Waals surface area contributed by atoms with Gasteiger partial charge in [-0.2, -0.15) is 0 Å². The molecule has 0 spiro atoms. The van der Waals surface area contributed by atoms with Crippen LogP contribution in [0.15, 0.2) is 18.2 Å². The minimum Gasteiger partial charge on any atom is -0.497 e. The molecule has 0 radical (unpaired) electrons. The number of ether oxygens (including phenoxy) is 2. The van der Waals surface area contributed by atoms with E-state index in [2.05, 4.69) is 24.1 Å². The van der Waals surface area contributed by atoms with E-state index in [-0.39, 0.29) is 11.4 Å². The fourth-order valence-electron chi connectivity index (χ4n) is 2.95. The van der Waals surface area contributed by atoms with E-state index in [9.17, 15) is 4.79 Å². The van der Waals surface area contributed by atoms with Gasteiger partial charge in [0.1, 0.15) is 11.5 Å². The molecule has 1 aromatic rings. The molecule has 1 aliphatic heterocycles. The van der Waals surface area contributed by atoms with Crippen LogP contribution in [-0.4, -0.2) is 50.2 Å². The minimum atomic E-state index is -0.104. The highest BCUT2D eigenvalue weighted by Crippen LogP contribution is 2.23. The summed E-state index contributed by atoms with van der Waals surface area (Å²) in [5, 5.41) is 3.05. The number of rotatable bonds is 6. The topological polar surface area (TPSA) is 50.8 Å². The van der Waals surface area contributed by atoms with Crippen LogP contribution in [0.25, 0.3) is 0 Å². The number of nitrogens with zero attached hydrogens (tertiary/aromatic N) is 1. The van der Waals surface area contributed by atoms with Gasteiger partial charge in [0.2, 0.25) is 0 Å². The maximum Gasteiger partial charge on any atom is 0.251 e. The molecule has 0 aliphatic carbocycles. The van der Waals surface area contributed by atoms with Crippen molar-refractivity contribution in [3.63, 3.8) is 0 Å². The quantitative estimate of drug-likeness (QED) is 0.875. The molecule has 128 valence electrons. The number of likely N-dealkylation sites (tertiary alicyclic amines) is 1. The van der Waals surface area contributed by atoms with E-state index in [4.69, 9.17) is 9.47 Å². The molecule has 1 N–H and O–H groups in total. The molecule has 0 aromatic heterocycles. The summed E-state index contributed by atoms with van der Waals surface area (Å²) in [6.45, 7) is 7.20. The van der Waals surface area contributed by atoms with Crippen molar-refractivity contribution in [1.29, 1.82) is 0 Å². The van der Waals surface area contributed by atoms with E-state index in [0.29, 0.717) is 23.6 Å². The van der Waals surface area contributed by atoms with E-state index in [1.807, 2.05) is 0 Å². The largest absolute Gasteiger partial charge is 0.497 e. The minimum absolute atomic E-state index is 0.0426. The Hall–Kier alpha value is -1.75. The lowest BCUT2D eigenvalue weighted by molar-refractivity contribution is 0.0797. The third-order valence-electron chi connectivity index (χ3n) is 4.51. The van der Waals surface area contributed by atoms with E-state index < -0.39 is 0 Å². The molecule has 2 rings (SSSR count). The van der Waals surface area contributed by atoms with Crippen molar-refractivity contribution in [2.75, 3.05) is 33.9 Å². The van der Waals surface area contributed by atoms with Crippen LogP contribution in [0, 0.1) is 0 Å². The third kappa shape index (κ3) is 4.61. The molecule has 0 atom stereocenters. The Labute approximate surface area is 139 Å². The molecule has 0 unspecified atom stereocenters. The number of methoxy groups -OCH3 is 2. The van der Waals surface area contributed by atoms with Crippen molar-refractivity contribution in [1.82, 2.24) is 10.2 Å². The SMILES string of the molecule is COc1cc(OC)cc(C(=O)NCC(C)(C)N2CCCCC2)c1. The number of benzene rings is 1. The molecular weight excluding hydrogens is 292 g/mol. The van der Waals surface area contributed by atoms with Gasteiger partial charge in [-0.05, 0) is 51.9 Å². The first-order valence-electron chi connectivity index (χ1n) is 8.22. The Kier molecular flexibility index (Phi) is 5.88. The summed E-state index contributed by atoms with van der Waals surface area (Å²) in [6.07, 6.45) is 3.79. The predicted molar refractivity (Wildman–Crippen MR) is 91.4 cm³/mol. The van der Waals surface area contributed by atoms with Gasteiger partial charge in [-0.25, -0.2) is 0 Å². The zero-order valence-corrected chi connectivity index (χ0v) is 14.6. The average molecular weight is 320 g/mol. The molecule has 1 aromatic carbocycles. The fraction of sp³-hybridized carbons (Fsp3) is 0.611. The monoisotopic (exact) mass is 320 g/mol. The van der Waals surface area contributed by atoms with Gasteiger partial charge in [0, 0.05) is 23.7 Å². The summed E-state index contributed by atoms with van der Waals surface area (Å²) >= 11 is 0. The first-order valence-corrected chi connectivity index (χ1v) is 8.22. The van der Waals surface area contributed by atoms with E-state index >= 15 is 0 Å². The lowest BCUT2D eigenvalue weighted by Crippen LogP contribution is -2.53. The standard InChI is InChI=1S/C18H28N2O3/c1-18(2,20-8-6-5-7-9-20)13-19-17(21)14-10-15(22-3)12-16(11-14)23-4/h10-12H,5-9,13H2,1-4H3,(H,19,21). The number of piperidine rings is 1. The normalized spacial score (nSPS) is 16.0. The summed E-state index contributed by atoms with van der Waals surface area (Å²) in [4.78, 5) is 14.9. The number of amides is 1. The lowest BCUT2D eigenvalue weighted by Gasteiger charge is -2.41. The number of nitrogens with one attached hydrogen (secondary N) is 1. The van der Waals surface area contributed by atoms with Gasteiger partial charge in [0.05, 0.1) is 14.2 Å². The van der Waals surface area contributed by atoms with Crippen LogP contribution < -0.4 is 14.8 Å². The third-order valence-corrected chi connectivity index (χ3v) is 4.51. The summed E-state index contributed by atoms with van der Waals surface area (Å²) in [6, 6.07) is 5.21. The van der Waals surface area contributed by atoms with Crippen LogP contribution in [0.3, 0.4) is 0 Å². The van der Waals surface area contributed by atoms with Crippen LogP contribution in [0.2, 0.25) is 0 Å². The highest BCUT2D eigenvalue weighted by atomic mass is 16.5. The molecule has 5 heteroatoms. The second kappa shape index (κ2) is 7.68. The molecule has 1 fully saturated rings. The predicted octanol–water partition coefficient (Wildman–Crippen LogP) is 2.70. The molecule has 0 saturated carbocycles. The Morgan fingerprint density at radius 2 is 1.65 bits per heavy atom. The van der Waals surface area contributed by atoms with Crippen molar-refractivity contribution in [2.45, 2.75) is 38.6 Å². The lowest BCUT2D eigenvalue weighted by atomic mass is 9.98. The Bertz CT molecular complexity index is 515. The Morgan fingerprint density at radius 3 is 2.17 bits per heavy atom. The second-order valence-electron chi connectivity index (χ2n) is 6.64. The highest BCUT2D eigenvalue weighted by molar-refractivity contribution is 5.95. The van der Waals surface area contributed by atoms with Crippen LogP contribution in [-0.2, 0) is 0 Å². The summed E-state index contributed by atoms with van der Waals surface area (Å²) < 4.78 is 10.4. The number of hydrogen-bond donors (Lipinski definition) is 1. The van der Waals surface area contributed by atoms with Gasteiger partial charge in [-0.15, -0.1) is 0 Å². The molecule has 5 nitrogen and oxygen atoms in total. The molecule has 1 aliphatic rings. The number of hydrogen-bond acceptors (Lipinski definition) is 4. The smallest absolute Gasteiger partial charge is 0.251 e. The van der Waals surface area contributed by atoms with Crippen LogP contribution >= 0.6 is 0 Å². The number of carbonyl (C=O) groups excluding carboxylic acids is 1. The molecule has 0 bridgehead atoms. The van der Waals surface area contributed by atoms with E-state index in [1.54, 1.807) is 32.4 Å². The van der Waals surface area contributed by atoms with Crippen molar-refractivity contribution >= 4 is 5.91 Å². The first kappa shape index (κ1) is 17.6. The van der Waals surface area contributed by atoms with Gasteiger partial charge >= 0.3 is 0 Å². The molecule has 1 amide bonds.